The SMILES string of the molecule is NC1C=NC(Cl)=CC1(N)C1CCC(OCc2ccccc2)CC1. The van der Waals surface area contributed by atoms with Gasteiger partial charge in [-0.15, -0.1) is 0 Å². The lowest BCUT2D eigenvalue weighted by Crippen LogP contribution is -2.61. The van der Waals surface area contributed by atoms with Crippen molar-refractivity contribution in [2.24, 2.45) is 22.4 Å². The summed E-state index contributed by atoms with van der Waals surface area (Å²) < 4.78 is 6.05. The molecule has 124 valence electrons. The van der Waals surface area contributed by atoms with Crippen LogP contribution in [0.25, 0.3) is 0 Å². The smallest absolute Gasteiger partial charge is 0.126 e. The Morgan fingerprint density at radius 1 is 1.17 bits per heavy atom. The van der Waals surface area contributed by atoms with E-state index in [1.165, 1.54) is 5.56 Å². The van der Waals surface area contributed by atoms with Gasteiger partial charge in [0.05, 0.1) is 24.3 Å². The molecule has 4 N–H and O–H groups in total. The fourth-order valence-electron chi connectivity index (χ4n) is 3.53. The van der Waals surface area contributed by atoms with E-state index in [4.69, 9.17) is 27.8 Å². The van der Waals surface area contributed by atoms with Crippen molar-refractivity contribution in [3.63, 3.8) is 0 Å². The summed E-state index contributed by atoms with van der Waals surface area (Å²) in [6, 6.07) is 9.99. The first-order valence-corrected chi connectivity index (χ1v) is 8.58. The molecule has 5 heteroatoms. The second-order valence-electron chi connectivity index (χ2n) is 6.54. The van der Waals surface area contributed by atoms with Gasteiger partial charge in [-0.3, -0.25) is 0 Å². The highest BCUT2D eigenvalue weighted by molar-refractivity contribution is 6.30. The van der Waals surface area contributed by atoms with Crippen molar-refractivity contribution < 1.29 is 4.74 Å². The van der Waals surface area contributed by atoms with Crippen LogP contribution >= 0.6 is 11.6 Å². The van der Waals surface area contributed by atoms with Gasteiger partial charge in [-0.25, -0.2) is 4.99 Å². The number of hydrogen-bond donors (Lipinski definition) is 2. The molecular weight excluding hydrogens is 310 g/mol. The first-order valence-electron chi connectivity index (χ1n) is 8.20. The van der Waals surface area contributed by atoms with Crippen LogP contribution in [-0.4, -0.2) is 23.9 Å². The monoisotopic (exact) mass is 333 g/mol. The Morgan fingerprint density at radius 2 is 1.87 bits per heavy atom. The fraction of sp³-hybridized carbons (Fsp3) is 0.500. The van der Waals surface area contributed by atoms with Gasteiger partial charge in [0, 0.05) is 6.21 Å². The summed E-state index contributed by atoms with van der Waals surface area (Å²) in [5.74, 6) is 0.314. The standard InChI is InChI=1S/C18H24ClN3O/c19-17-10-18(21,16(20)11-22-17)14-6-8-15(9-7-14)23-12-13-4-2-1-3-5-13/h1-5,10-11,14-16H,6-9,12,20-21H2. The molecule has 23 heavy (non-hydrogen) atoms. The molecule has 1 aromatic carbocycles. The van der Waals surface area contributed by atoms with Crippen LogP contribution in [0.15, 0.2) is 46.6 Å². The average molecular weight is 334 g/mol. The zero-order chi connectivity index (χ0) is 16.3. The van der Waals surface area contributed by atoms with Crippen LogP contribution in [0.4, 0.5) is 0 Å². The summed E-state index contributed by atoms with van der Waals surface area (Å²) in [5, 5.41) is 0.441. The molecule has 1 heterocycles. The molecule has 0 spiro atoms. The van der Waals surface area contributed by atoms with Crippen LogP contribution in [0.1, 0.15) is 31.2 Å². The predicted octanol–water partition coefficient (Wildman–Crippen LogP) is 2.95. The Kier molecular flexibility index (Phi) is 5.17. The lowest BCUT2D eigenvalue weighted by Gasteiger charge is -2.43. The van der Waals surface area contributed by atoms with E-state index in [0.717, 1.165) is 25.7 Å². The Labute approximate surface area is 142 Å². The highest BCUT2D eigenvalue weighted by Crippen LogP contribution is 2.37. The molecule has 2 unspecified atom stereocenters. The van der Waals surface area contributed by atoms with Gasteiger partial charge < -0.3 is 16.2 Å². The summed E-state index contributed by atoms with van der Waals surface area (Å²) in [4.78, 5) is 4.05. The number of nitrogens with zero attached hydrogens (tertiary/aromatic N) is 1. The minimum absolute atomic E-state index is 0.281. The third kappa shape index (κ3) is 3.83. The van der Waals surface area contributed by atoms with Gasteiger partial charge in [-0.05, 0) is 43.2 Å². The number of nitrogens with two attached hydrogens (primary N) is 2. The molecule has 0 aromatic heterocycles. The number of ether oxygens (including phenoxy) is 1. The van der Waals surface area contributed by atoms with E-state index in [-0.39, 0.29) is 6.04 Å². The molecule has 1 aliphatic heterocycles. The van der Waals surface area contributed by atoms with E-state index < -0.39 is 5.54 Å². The summed E-state index contributed by atoms with van der Waals surface area (Å²) in [7, 11) is 0. The van der Waals surface area contributed by atoms with E-state index in [1.54, 1.807) is 6.21 Å². The lowest BCUT2D eigenvalue weighted by atomic mass is 9.70. The Morgan fingerprint density at radius 3 is 2.57 bits per heavy atom. The molecule has 2 aliphatic rings. The number of benzene rings is 1. The maximum absolute atomic E-state index is 6.56. The maximum Gasteiger partial charge on any atom is 0.126 e. The van der Waals surface area contributed by atoms with Crippen molar-refractivity contribution in [1.29, 1.82) is 0 Å². The van der Waals surface area contributed by atoms with Crippen LogP contribution < -0.4 is 11.5 Å². The third-order valence-electron chi connectivity index (χ3n) is 5.01. The third-order valence-corrected chi connectivity index (χ3v) is 5.22. The normalized spacial score (nSPS) is 34.2. The molecule has 0 amide bonds. The van der Waals surface area contributed by atoms with Gasteiger partial charge in [0.15, 0.2) is 0 Å². The van der Waals surface area contributed by atoms with Gasteiger partial charge >= 0.3 is 0 Å². The summed E-state index contributed by atoms with van der Waals surface area (Å²) in [5.41, 5.74) is 13.3. The quantitative estimate of drug-likeness (QED) is 0.832. The van der Waals surface area contributed by atoms with E-state index in [2.05, 4.69) is 17.1 Å². The molecule has 1 fully saturated rings. The molecule has 1 aromatic rings. The molecule has 1 saturated carbocycles. The molecule has 1 aliphatic carbocycles. The first kappa shape index (κ1) is 16.7. The highest BCUT2D eigenvalue weighted by Gasteiger charge is 2.41. The summed E-state index contributed by atoms with van der Waals surface area (Å²) in [6.07, 6.45) is 7.80. The second kappa shape index (κ2) is 7.14. The molecular formula is C18H24ClN3O. The zero-order valence-corrected chi connectivity index (χ0v) is 14.0. The van der Waals surface area contributed by atoms with E-state index in [1.807, 2.05) is 24.3 Å². The molecule has 0 bridgehead atoms. The zero-order valence-electron chi connectivity index (χ0n) is 13.2. The number of hydrogen-bond acceptors (Lipinski definition) is 4. The van der Waals surface area contributed by atoms with Crippen molar-refractivity contribution >= 4 is 17.8 Å². The highest BCUT2D eigenvalue weighted by atomic mass is 35.5. The van der Waals surface area contributed by atoms with Crippen molar-refractivity contribution in [3.8, 4) is 0 Å². The summed E-state index contributed by atoms with van der Waals surface area (Å²) >= 11 is 6.03. The molecule has 2 atom stereocenters. The van der Waals surface area contributed by atoms with Crippen molar-refractivity contribution in [2.75, 3.05) is 0 Å². The minimum Gasteiger partial charge on any atom is -0.374 e. The largest absolute Gasteiger partial charge is 0.374 e. The maximum atomic E-state index is 6.56. The van der Waals surface area contributed by atoms with Gasteiger partial charge in [0.2, 0.25) is 0 Å². The van der Waals surface area contributed by atoms with Gasteiger partial charge in [-0.2, -0.15) is 0 Å². The van der Waals surface area contributed by atoms with Crippen LogP contribution in [0, 0.1) is 5.92 Å². The lowest BCUT2D eigenvalue weighted by molar-refractivity contribution is 0.000643. The molecule has 0 radical (unpaired) electrons. The number of rotatable bonds is 4. The van der Waals surface area contributed by atoms with E-state index in [9.17, 15) is 0 Å². The number of aliphatic imine (C=N–C) groups is 1. The topological polar surface area (TPSA) is 73.6 Å². The van der Waals surface area contributed by atoms with E-state index >= 15 is 0 Å². The van der Waals surface area contributed by atoms with Crippen LogP contribution in [-0.2, 0) is 11.3 Å². The van der Waals surface area contributed by atoms with Crippen molar-refractivity contribution in [2.45, 2.75) is 50.0 Å². The van der Waals surface area contributed by atoms with Gasteiger partial charge in [-0.1, -0.05) is 41.9 Å². The van der Waals surface area contributed by atoms with Gasteiger partial charge in [0.1, 0.15) is 5.16 Å². The first-order chi connectivity index (χ1) is 11.1. The van der Waals surface area contributed by atoms with E-state index in [0.29, 0.717) is 23.8 Å². The minimum atomic E-state index is -0.594. The molecule has 4 nitrogen and oxygen atoms in total. The number of halogens is 1. The van der Waals surface area contributed by atoms with Crippen LogP contribution in [0.3, 0.4) is 0 Å². The van der Waals surface area contributed by atoms with Crippen LogP contribution in [0.5, 0.6) is 0 Å². The Balaban J connectivity index is 1.53. The fourth-order valence-corrected chi connectivity index (χ4v) is 3.77. The summed E-state index contributed by atoms with van der Waals surface area (Å²) in [6.45, 7) is 0.668. The van der Waals surface area contributed by atoms with Crippen molar-refractivity contribution in [1.82, 2.24) is 0 Å². The van der Waals surface area contributed by atoms with Gasteiger partial charge in [0.25, 0.3) is 0 Å². The molecule has 3 rings (SSSR count). The average Bonchev–Trinajstić information content (AvgIpc) is 2.58. The molecule has 0 saturated heterocycles. The predicted molar refractivity (Wildman–Crippen MR) is 94.3 cm³/mol. The Hall–Kier alpha value is -1.20. The van der Waals surface area contributed by atoms with Crippen LogP contribution in [0.2, 0.25) is 0 Å². The second-order valence-corrected chi connectivity index (χ2v) is 6.93. The Bertz CT molecular complexity index is 581. The van der Waals surface area contributed by atoms with Crippen molar-refractivity contribution in [3.05, 3.63) is 47.1 Å².